The van der Waals surface area contributed by atoms with E-state index in [1.807, 2.05) is 6.07 Å². The van der Waals surface area contributed by atoms with Crippen LogP contribution in [0, 0.1) is 0 Å². The molecule has 0 atom stereocenters. The summed E-state index contributed by atoms with van der Waals surface area (Å²) >= 11 is 18.7. The molecule has 0 saturated heterocycles. The van der Waals surface area contributed by atoms with Crippen LogP contribution in [0.3, 0.4) is 0 Å². The molecule has 0 unspecified atom stereocenters. The SMILES string of the molecule is Clc1ccc(Nc2ncc(Br)cc2Cl)c(Br)c1. The summed E-state index contributed by atoms with van der Waals surface area (Å²) < 4.78 is 1.69. The molecule has 1 N–H and O–H groups in total. The van der Waals surface area contributed by atoms with Gasteiger partial charge in [-0.15, -0.1) is 0 Å². The van der Waals surface area contributed by atoms with Crippen LogP contribution < -0.4 is 5.32 Å². The van der Waals surface area contributed by atoms with Crippen molar-refractivity contribution in [1.29, 1.82) is 0 Å². The van der Waals surface area contributed by atoms with Crippen molar-refractivity contribution in [3.05, 3.63) is 49.5 Å². The molecule has 0 aliphatic rings. The maximum Gasteiger partial charge on any atom is 0.149 e. The molecule has 0 amide bonds. The second-order valence-electron chi connectivity index (χ2n) is 3.23. The first-order valence-corrected chi connectivity index (χ1v) is 6.93. The van der Waals surface area contributed by atoms with Crippen LogP contribution in [0.4, 0.5) is 11.5 Å². The van der Waals surface area contributed by atoms with Gasteiger partial charge in [0.15, 0.2) is 0 Å². The molecule has 2 nitrogen and oxygen atoms in total. The lowest BCUT2D eigenvalue weighted by molar-refractivity contribution is 1.29. The Balaban J connectivity index is 2.31. The van der Waals surface area contributed by atoms with Crippen molar-refractivity contribution in [3.63, 3.8) is 0 Å². The molecule has 17 heavy (non-hydrogen) atoms. The second-order valence-corrected chi connectivity index (χ2v) is 5.85. The van der Waals surface area contributed by atoms with Gasteiger partial charge in [0, 0.05) is 20.2 Å². The van der Waals surface area contributed by atoms with Crippen LogP contribution in [0.5, 0.6) is 0 Å². The molecule has 2 rings (SSSR count). The van der Waals surface area contributed by atoms with Gasteiger partial charge in [-0.25, -0.2) is 4.98 Å². The van der Waals surface area contributed by atoms with Crippen LogP contribution in [0.15, 0.2) is 39.4 Å². The summed E-state index contributed by atoms with van der Waals surface area (Å²) in [5.74, 6) is 0.595. The van der Waals surface area contributed by atoms with E-state index in [2.05, 4.69) is 42.2 Å². The van der Waals surface area contributed by atoms with Crippen LogP contribution in [0.2, 0.25) is 10.0 Å². The van der Waals surface area contributed by atoms with Crippen LogP contribution in [-0.2, 0) is 0 Å². The van der Waals surface area contributed by atoms with Gasteiger partial charge in [0.25, 0.3) is 0 Å². The fourth-order valence-corrected chi connectivity index (χ4v) is 2.68. The third-order valence-corrected chi connectivity index (χ3v) is 3.60. The average molecular weight is 397 g/mol. The predicted molar refractivity (Wildman–Crippen MR) is 79.4 cm³/mol. The van der Waals surface area contributed by atoms with Crippen molar-refractivity contribution < 1.29 is 0 Å². The van der Waals surface area contributed by atoms with Crippen molar-refractivity contribution in [1.82, 2.24) is 4.98 Å². The molecule has 1 heterocycles. The normalized spacial score (nSPS) is 10.4. The monoisotopic (exact) mass is 394 g/mol. The van der Waals surface area contributed by atoms with Gasteiger partial charge in [0.1, 0.15) is 5.82 Å². The van der Waals surface area contributed by atoms with Crippen molar-refractivity contribution in [2.75, 3.05) is 5.32 Å². The number of aromatic nitrogens is 1. The Morgan fingerprint density at radius 3 is 2.53 bits per heavy atom. The first kappa shape index (κ1) is 13.1. The van der Waals surface area contributed by atoms with E-state index < -0.39 is 0 Å². The summed E-state index contributed by atoms with van der Waals surface area (Å²) in [4.78, 5) is 4.19. The third kappa shape index (κ3) is 3.35. The Kier molecular flexibility index (Phi) is 4.31. The van der Waals surface area contributed by atoms with Gasteiger partial charge in [-0.3, -0.25) is 0 Å². The maximum absolute atomic E-state index is 6.07. The Labute approximate surface area is 126 Å². The summed E-state index contributed by atoms with van der Waals surface area (Å²) in [6.45, 7) is 0. The fourth-order valence-electron chi connectivity index (χ4n) is 1.22. The Morgan fingerprint density at radius 1 is 1.12 bits per heavy atom. The summed E-state index contributed by atoms with van der Waals surface area (Å²) in [6.07, 6.45) is 1.68. The van der Waals surface area contributed by atoms with Crippen LogP contribution in [0.1, 0.15) is 0 Å². The smallest absolute Gasteiger partial charge is 0.149 e. The Morgan fingerprint density at radius 2 is 1.88 bits per heavy atom. The lowest BCUT2D eigenvalue weighted by Crippen LogP contribution is -1.95. The van der Waals surface area contributed by atoms with E-state index >= 15 is 0 Å². The van der Waals surface area contributed by atoms with E-state index in [0.717, 1.165) is 14.6 Å². The molecule has 0 bridgehead atoms. The van der Waals surface area contributed by atoms with Gasteiger partial charge >= 0.3 is 0 Å². The number of rotatable bonds is 2. The topological polar surface area (TPSA) is 24.9 Å². The van der Waals surface area contributed by atoms with Gasteiger partial charge in [-0.2, -0.15) is 0 Å². The van der Waals surface area contributed by atoms with Crippen molar-refractivity contribution in [3.8, 4) is 0 Å². The number of hydrogen-bond donors (Lipinski definition) is 1. The zero-order valence-electron chi connectivity index (χ0n) is 8.35. The first-order valence-electron chi connectivity index (χ1n) is 4.59. The largest absolute Gasteiger partial charge is 0.338 e. The molecule has 0 saturated carbocycles. The van der Waals surface area contributed by atoms with Crippen molar-refractivity contribution in [2.45, 2.75) is 0 Å². The summed E-state index contributed by atoms with van der Waals surface area (Å²) in [5.41, 5.74) is 0.853. The number of hydrogen-bond acceptors (Lipinski definition) is 2. The number of nitrogens with zero attached hydrogens (tertiary/aromatic N) is 1. The van der Waals surface area contributed by atoms with Crippen LogP contribution >= 0.6 is 55.1 Å². The summed E-state index contributed by atoms with van der Waals surface area (Å²) in [6, 6.07) is 7.23. The molecule has 6 heteroatoms. The lowest BCUT2D eigenvalue weighted by atomic mass is 10.3. The highest BCUT2D eigenvalue weighted by Gasteiger charge is 2.06. The minimum atomic E-state index is 0.543. The van der Waals surface area contributed by atoms with Gasteiger partial charge in [0.2, 0.25) is 0 Å². The molecule has 0 aliphatic carbocycles. The molecule has 0 fully saturated rings. The fraction of sp³-hybridized carbons (Fsp3) is 0. The summed E-state index contributed by atoms with van der Waals surface area (Å²) in [5, 5.41) is 4.33. The molecule has 0 spiro atoms. The van der Waals surface area contributed by atoms with Gasteiger partial charge < -0.3 is 5.32 Å². The predicted octanol–water partition coefficient (Wildman–Crippen LogP) is 5.66. The van der Waals surface area contributed by atoms with E-state index in [-0.39, 0.29) is 0 Å². The van der Waals surface area contributed by atoms with Gasteiger partial charge in [0.05, 0.1) is 10.7 Å². The highest BCUT2D eigenvalue weighted by atomic mass is 79.9. The number of anilines is 2. The molecule has 1 aromatic carbocycles. The second kappa shape index (κ2) is 5.57. The zero-order chi connectivity index (χ0) is 12.4. The molecule has 0 aliphatic heterocycles. The first-order chi connectivity index (χ1) is 8.06. The summed E-state index contributed by atoms with van der Waals surface area (Å²) in [7, 11) is 0. The number of pyridine rings is 1. The number of halogens is 4. The average Bonchev–Trinajstić information content (AvgIpc) is 2.25. The van der Waals surface area contributed by atoms with E-state index in [1.54, 1.807) is 24.4 Å². The quantitative estimate of drug-likeness (QED) is 0.708. The van der Waals surface area contributed by atoms with Crippen LogP contribution in [-0.4, -0.2) is 4.98 Å². The van der Waals surface area contributed by atoms with Crippen molar-refractivity contribution >= 4 is 66.6 Å². The molecule has 1 aromatic heterocycles. The van der Waals surface area contributed by atoms with Gasteiger partial charge in [-0.1, -0.05) is 23.2 Å². The number of nitrogens with one attached hydrogen (secondary N) is 1. The van der Waals surface area contributed by atoms with Crippen molar-refractivity contribution in [2.24, 2.45) is 0 Å². The van der Waals surface area contributed by atoms with E-state index in [1.165, 1.54) is 0 Å². The Bertz CT molecular complexity index is 512. The Hall–Kier alpha value is -0.290. The molecular weight excluding hydrogens is 391 g/mol. The highest BCUT2D eigenvalue weighted by molar-refractivity contribution is 9.10. The van der Waals surface area contributed by atoms with E-state index in [0.29, 0.717) is 15.9 Å². The molecule has 2 aromatic rings. The minimum absolute atomic E-state index is 0.543. The van der Waals surface area contributed by atoms with Crippen LogP contribution in [0.25, 0.3) is 0 Å². The molecule has 0 radical (unpaired) electrons. The maximum atomic E-state index is 6.07. The van der Waals surface area contributed by atoms with E-state index in [4.69, 9.17) is 23.2 Å². The third-order valence-electron chi connectivity index (χ3n) is 1.99. The number of benzene rings is 1. The molecular formula is C11H6Br2Cl2N2. The zero-order valence-corrected chi connectivity index (χ0v) is 13.0. The highest BCUT2D eigenvalue weighted by Crippen LogP contribution is 2.31. The van der Waals surface area contributed by atoms with Gasteiger partial charge in [-0.05, 0) is 56.1 Å². The minimum Gasteiger partial charge on any atom is -0.338 e. The lowest BCUT2D eigenvalue weighted by Gasteiger charge is -2.09. The van der Waals surface area contributed by atoms with E-state index in [9.17, 15) is 0 Å². The standard InChI is InChI=1S/C11H6Br2Cl2N2/c12-6-3-9(15)11(16-5-6)17-10-2-1-7(14)4-8(10)13/h1-5H,(H,16,17). The molecule has 88 valence electrons.